The molecule has 0 aliphatic rings. The molecule has 15 heavy (non-hydrogen) atoms. The van der Waals surface area contributed by atoms with Gasteiger partial charge >= 0.3 is 0 Å². The number of H-pyrrole nitrogens is 1. The molecule has 1 aromatic rings. The highest BCUT2D eigenvalue weighted by Gasteiger charge is 2.14. The fraction of sp³-hybridized carbons (Fsp3) is 0.600. The van der Waals surface area contributed by atoms with E-state index in [9.17, 15) is 4.79 Å². The Kier molecular flexibility index (Phi) is 4.30. The molecule has 0 spiro atoms. The summed E-state index contributed by atoms with van der Waals surface area (Å²) >= 11 is 0. The van der Waals surface area contributed by atoms with Gasteiger partial charge in [0, 0.05) is 6.20 Å². The molecule has 1 atom stereocenters. The number of imidazole rings is 1. The first-order valence-corrected chi connectivity index (χ1v) is 5.10. The van der Waals surface area contributed by atoms with Gasteiger partial charge in [-0.15, -0.1) is 0 Å². The van der Waals surface area contributed by atoms with Crippen LogP contribution >= 0.6 is 0 Å². The molecule has 4 N–H and O–H groups in total. The highest BCUT2D eigenvalue weighted by molar-refractivity contribution is 5.81. The van der Waals surface area contributed by atoms with Crippen molar-refractivity contribution in [2.75, 3.05) is 0 Å². The van der Waals surface area contributed by atoms with Crippen molar-refractivity contribution in [1.82, 2.24) is 15.3 Å². The average molecular weight is 210 g/mol. The van der Waals surface area contributed by atoms with Crippen LogP contribution in [0.5, 0.6) is 0 Å². The molecule has 0 saturated carbocycles. The Labute approximate surface area is 89.5 Å². The van der Waals surface area contributed by atoms with Gasteiger partial charge in [-0.1, -0.05) is 13.8 Å². The van der Waals surface area contributed by atoms with E-state index in [4.69, 9.17) is 5.73 Å². The van der Waals surface area contributed by atoms with E-state index in [1.165, 1.54) is 0 Å². The van der Waals surface area contributed by atoms with Gasteiger partial charge in [0.05, 0.1) is 24.6 Å². The molecule has 0 aromatic carbocycles. The molecular weight excluding hydrogens is 192 g/mol. The molecule has 84 valence electrons. The zero-order valence-corrected chi connectivity index (χ0v) is 9.16. The number of aromatic nitrogens is 2. The van der Waals surface area contributed by atoms with Gasteiger partial charge in [0.25, 0.3) is 0 Å². The first kappa shape index (κ1) is 11.7. The minimum atomic E-state index is -0.423. The molecule has 0 radical (unpaired) electrons. The zero-order chi connectivity index (χ0) is 11.3. The maximum atomic E-state index is 11.5. The van der Waals surface area contributed by atoms with Gasteiger partial charge in [0.1, 0.15) is 0 Å². The Morgan fingerprint density at radius 2 is 2.40 bits per heavy atom. The van der Waals surface area contributed by atoms with Gasteiger partial charge in [-0.05, 0) is 12.3 Å². The van der Waals surface area contributed by atoms with Gasteiger partial charge in [0.15, 0.2) is 0 Å². The number of aromatic amines is 1. The van der Waals surface area contributed by atoms with Crippen LogP contribution in [-0.2, 0) is 11.3 Å². The molecule has 0 unspecified atom stereocenters. The van der Waals surface area contributed by atoms with E-state index >= 15 is 0 Å². The quantitative estimate of drug-likeness (QED) is 0.657. The fourth-order valence-electron chi connectivity index (χ4n) is 1.31. The van der Waals surface area contributed by atoms with Crippen molar-refractivity contribution in [1.29, 1.82) is 0 Å². The van der Waals surface area contributed by atoms with E-state index < -0.39 is 6.04 Å². The van der Waals surface area contributed by atoms with Crippen LogP contribution in [0.1, 0.15) is 26.0 Å². The van der Waals surface area contributed by atoms with Crippen LogP contribution in [0.4, 0.5) is 0 Å². The Morgan fingerprint density at radius 3 is 2.93 bits per heavy atom. The van der Waals surface area contributed by atoms with Crippen LogP contribution in [0.2, 0.25) is 0 Å². The first-order valence-electron chi connectivity index (χ1n) is 5.10. The molecule has 0 fully saturated rings. The number of hydrogen-bond acceptors (Lipinski definition) is 3. The summed E-state index contributed by atoms with van der Waals surface area (Å²) in [5.74, 6) is 0.316. The molecule has 5 nitrogen and oxygen atoms in total. The molecule has 0 saturated heterocycles. The van der Waals surface area contributed by atoms with Crippen LogP contribution in [0, 0.1) is 5.92 Å². The SMILES string of the molecule is CC(C)C[C@@H](N)C(=O)NCc1cnc[nH]1. The van der Waals surface area contributed by atoms with E-state index in [0.29, 0.717) is 18.9 Å². The predicted molar refractivity (Wildman–Crippen MR) is 57.9 cm³/mol. The van der Waals surface area contributed by atoms with Crippen LogP contribution in [0.3, 0.4) is 0 Å². The maximum Gasteiger partial charge on any atom is 0.237 e. The van der Waals surface area contributed by atoms with Crippen LogP contribution in [0.25, 0.3) is 0 Å². The number of nitrogens with zero attached hydrogens (tertiary/aromatic N) is 1. The second-order valence-electron chi connectivity index (χ2n) is 4.03. The standard InChI is InChI=1S/C10H18N4O/c1-7(2)3-9(11)10(15)13-5-8-4-12-6-14-8/h4,6-7,9H,3,5,11H2,1-2H3,(H,12,14)(H,13,15)/t9-/m1/s1. The number of amides is 1. The third kappa shape index (κ3) is 4.12. The van der Waals surface area contributed by atoms with Crippen LogP contribution < -0.4 is 11.1 Å². The molecule has 1 aromatic heterocycles. The third-order valence-electron chi connectivity index (χ3n) is 2.07. The number of nitrogens with two attached hydrogens (primary N) is 1. The van der Waals surface area contributed by atoms with Gasteiger partial charge in [0.2, 0.25) is 5.91 Å². The Bertz CT molecular complexity index is 294. The first-order chi connectivity index (χ1) is 7.09. The summed E-state index contributed by atoms with van der Waals surface area (Å²) < 4.78 is 0. The summed E-state index contributed by atoms with van der Waals surface area (Å²) in [7, 11) is 0. The Balaban J connectivity index is 2.29. The van der Waals surface area contributed by atoms with Crippen molar-refractivity contribution in [3.05, 3.63) is 18.2 Å². The summed E-state index contributed by atoms with van der Waals surface area (Å²) in [5, 5.41) is 2.76. The smallest absolute Gasteiger partial charge is 0.237 e. The normalized spacial score (nSPS) is 12.8. The third-order valence-corrected chi connectivity index (χ3v) is 2.07. The van der Waals surface area contributed by atoms with E-state index in [0.717, 1.165) is 5.69 Å². The van der Waals surface area contributed by atoms with Crippen molar-refractivity contribution in [2.45, 2.75) is 32.9 Å². The van der Waals surface area contributed by atoms with E-state index in [-0.39, 0.29) is 5.91 Å². The number of hydrogen-bond donors (Lipinski definition) is 3. The molecule has 1 heterocycles. The zero-order valence-electron chi connectivity index (χ0n) is 9.16. The number of carbonyl (C=O) groups is 1. The van der Waals surface area contributed by atoms with Gasteiger partial charge in [-0.3, -0.25) is 4.79 Å². The van der Waals surface area contributed by atoms with Gasteiger partial charge in [-0.25, -0.2) is 4.98 Å². The molecule has 0 bridgehead atoms. The van der Waals surface area contributed by atoms with Crippen molar-refractivity contribution in [2.24, 2.45) is 11.7 Å². The second-order valence-corrected chi connectivity index (χ2v) is 4.03. The van der Waals surface area contributed by atoms with Crippen molar-refractivity contribution < 1.29 is 4.79 Å². The Hall–Kier alpha value is -1.36. The van der Waals surface area contributed by atoms with E-state index in [1.807, 2.05) is 13.8 Å². The fourth-order valence-corrected chi connectivity index (χ4v) is 1.31. The van der Waals surface area contributed by atoms with E-state index in [1.54, 1.807) is 12.5 Å². The molecule has 1 rings (SSSR count). The van der Waals surface area contributed by atoms with Gasteiger partial charge < -0.3 is 16.0 Å². The summed E-state index contributed by atoms with van der Waals surface area (Å²) in [4.78, 5) is 18.3. The number of nitrogens with one attached hydrogen (secondary N) is 2. The highest BCUT2D eigenvalue weighted by atomic mass is 16.2. The summed E-state index contributed by atoms with van der Waals surface area (Å²) in [6, 6.07) is -0.423. The topological polar surface area (TPSA) is 83.8 Å². The lowest BCUT2D eigenvalue weighted by molar-refractivity contribution is -0.122. The van der Waals surface area contributed by atoms with Crippen molar-refractivity contribution >= 4 is 5.91 Å². The van der Waals surface area contributed by atoms with Crippen molar-refractivity contribution in [3.63, 3.8) is 0 Å². The van der Waals surface area contributed by atoms with Crippen molar-refractivity contribution in [3.8, 4) is 0 Å². The summed E-state index contributed by atoms with van der Waals surface area (Å²) in [6.07, 6.45) is 3.96. The Morgan fingerprint density at radius 1 is 1.67 bits per heavy atom. The minimum Gasteiger partial charge on any atom is -0.349 e. The lowest BCUT2D eigenvalue weighted by Gasteiger charge is -2.13. The lowest BCUT2D eigenvalue weighted by atomic mass is 10.0. The lowest BCUT2D eigenvalue weighted by Crippen LogP contribution is -2.41. The number of rotatable bonds is 5. The predicted octanol–water partition coefficient (Wildman–Crippen LogP) is 0.399. The molecule has 1 amide bonds. The summed E-state index contributed by atoms with van der Waals surface area (Å²) in [6.45, 7) is 4.54. The molecule has 5 heteroatoms. The maximum absolute atomic E-state index is 11.5. The molecule has 0 aliphatic carbocycles. The van der Waals surface area contributed by atoms with Gasteiger partial charge in [-0.2, -0.15) is 0 Å². The number of carbonyl (C=O) groups excluding carboxylic acids is 1. The second kappa shape index (κ2) is 5.50. The largest absolute Gasteiger partial charge is 0.349 e. The minimum absolute atomic E-state index is 0.113. The van der Waals surface area contributed by atoms with Crippen LogP contribution in [0.15, 0.2) is 12.5 Å². The molecular formula is C10H18N4O. The average Bonchev–Trinajstić information content (AvgIpc) is 2.65. The summed E-state index contributed by atoms with van der Waals surface area (Å²) in [5.41, 5.74) is 6.59. The molecule has 0 aliphatic heterocycles. The monoisotopic (exact) mass is 210 g/mol. The van der Waals surface area contributed by atoms with E-state index in [2.05, 4.69) is 15.3 Å². The highest BCUT2D eigenvalue weighted by Crippen LogP contribution is 2.02. The van der Waals surface area contributed by atoms with Crippen LogP contribution in [-0.4, -0.2) is 21.9 Å².